The number of nitrogens with one attached hydrogen (secondary N) is 1. The Balaban J connectivity index is 2.80. The molecule has 1 N–H and O–H groups in total. The maximum absolute atomic E-state index is 12.4. The molecule has 5 nitrogen and oxygen atoms in total. The van der Waals surface area contributed by atoms with E-state index in [4.69, 9.17) is 0 Å². The van der Waals surface area contributed by atoms with Crippen molar-refractivity contribution in [1.29, 1.82) is 0 Å². The number of aromatic nitrogens is 1. The third-order valence-electron chi connectivity index (χ3n) is 2.98. The average molecular weight is 299 g/mol. The van der Waals surface area contributed by atoms with E-state index in [9.17, 15) is 8.42 Å². The lowest BCUT2D eigenvalue weighted by atomic mass is 10.3. The Bertz CT molecular complexity index is 486. The molecule has 1 rings (SSSR count). The highest BCUT2D eigenvalue weighted by Crippen LogP contribution is 2.13. The van der Waals surface area contributed by atoms with Crippen LogP contribution in [0, 0.1) is 0 Å². The van der Waals surface area contributed by atoms with Crippen molar-refractivity contribution in [3.8, 4) is 0 Å². The Morgan fingerprint density at radius 1 is 1.20 bits per heavy atom. The third-order valence-corrected chi connectivity index (χ3v) is 4.87. The van der Waals surface area contributed by atoms with E-state index in [1.165, 1.54) is 4.31 Å². The van der Waals surface area contributed by atoms with E-state index in [1.807, 2.05) is 19.9 Å². The molecule has 0 saturated heterocycles. The van der Waals surface area contributed by atoms with Crippen LogP contribution >= 0.6 is 0 Å². The van der Waals surface area contributed by atoms with Gasteiger partial charge in [0.1, 0.15) is 0 Å². The molecule has 0 bridgehead atoms. The zero-order valence-corrected chi connectivity index (χ0v) is 13.4. The lowest BCUT2D eigenvalue weighted by molar-refractivity contribution is 0.425. The Hall–Kier alpha value is -0.980. The minimum atomic E-state index is -3.45. The van der Waals surface area contributed by atoms with Crippen LogP contribution in [0.3, 0.4) is 0 Å². The van der Waals surface area contributed by atoms with Gasteiger partial charge in [-0.05, 0) is 31.0 Å². The van der Waals surface area contributed by atoms with Gasteiger partial charge in [0.25, 0.3) is 10.0 Å². The fourth-order valence-corrected chi connectivity index (χ4v) is 3.36. The van der Waals surface area contributed by atoms with Gasteiger partial charge in [-0.2, -0.15) is 4.31 Å². The van der Waals surface area contributed by atoms with Crippen LogP contribution in [0.4, 0.5) is 0 Å². The summed E-state index contributed by atoms with van der Waals surface area (Å²) < 4.78 is 26.2. The van der Waals surface area contributed by atoms with Crippen LogP contribution in [-0.4, -0.2) is 37.3 Å². The first-order valence-electron chi connectivity index (χ1n) is 7.22. The number of rotatable bonds is 9. The summed E-state index contributed by atoms with van der Waals surface area (Å²) in [5.41, 5.74) is 0.996. The van der Waals surface area contributed by atoms with Crippen LogP contribution in [0.25, 0.3) is 0 Å². The van der Waals surface area contributed by atoms with E-state index >= 15 is 0 Å². The molecule has 0 aliphatic carbocycles. The van der Waals surface area contributed by atoms with Crippen LogP contribution in [0.15, 0.2) is 23.4 Å². The van der Waals surface area contributed by atoms with E-state index < -0.39 is 10.0 Å². The van der Waals surface area contributed by atoms with Gasteiger partial charge in [-0.15, -0.1) is 0 Å². The van der Waals surface area contributed by atoms with Gasteiger partial charge in [0, 0.05) is 25.8 Å². The number of hydrogen-bond donors (Lipinski definition) is 1. The van der Waals surface area contributed by atoms with Gasteiger partial charge in [-0.1, -0.05) is 26.8 Å². The molecule has 6 heteroatoms. The second-order valence-electron chi connectivity index (χ2n) is 4.68. The van der Waals surface area contributed by atoms with Crippen molar-refractivity contribution in [1.82, 2.24) is 14.6 Å². The predicted octanol–water partition coefficient (Wildman–Crippen LogP) is 2.00. The summed E-state index contributed by atoms with van der Waals surface area (Å²) >= 11 is 0. The maximum Gasteiger partial charge on any atom is 0.260 e. The van der Waals surface area contributed by atoms with E-state index in [2.05, 4.69) is 17.2 Å². The smallest absolute Gasteiger partial charge is 0.260 e. The van der Waals surface area contributed by atoms with Gasteiger partial charge in [-0.25, -0.2) is 13.4 Å². The zero-order valence-electron chi connectivity index (χ0n) is 12.6. The number of hydrogen-bond acceptors (Lipinski definition) is 4. The van der Waals surface area contributed by atoms with Crippen LogP contribution in [0.1, 0.15) is 39.2 Å². The van der Waals surface area contributed by atoms with Crippen molar-refractivity contribution >= 4 is 10.0 Å². The summed E-state index contributed by atoms with van der Waals surface area (Å²) in [7, 11) is -3.45. The Morgan fingerprint density at radius 2 is 1.95 bits per heavy atom. The molecule has 0 amide bonds. The second kappa shape index (κ2) is 8.34. The summed E-state index contributed by atoms with van der Waals surface area (Å²) in [6.07, 6.45) is 3.50. The summed E-state index contributed by atoms with van der Waals surface area (Å²) in [6.45, 7) is 8.57. The lowest BCUT2D eigenvalue weighted by Crippen LogP contribution is -2.32. The van der Waals surface area contributed by atoms with E-state index in [0.29, 0.717) is 19.6 Å². The van der Waals surface area contributed by atoms with Crippen molar-refractivity contribution in [3.63, 3.8) is 0 Å². The quantitative estimate of drug-likeness (QED) is 0.709. The van der Waals surface area contributed by atoms with Crippen molar-refractivity contribution in [2.75, 3.05) is 19.6 Å². The molecule has 0 aromatic carbocycles. The molecule has 1 aromatic heterocycles. The van der Waals surface area contributed by atoms with Gasteiger partial charge in [0.05, 0.1) is 0 Å². The maximum atomic E-state index is 12.4. The van der Waals surface area contributed by atoms with Gasteiger partial charge in [0.15, 0.2) is 5.03 Å². The highest BCUT2D eigenvalue weighted by Gasteiger charge is 2.23. The minimum Gasteiger partial charge on any atom is -0.313 e. The largest absolute Gasteiger partial charge is 0.313 e. The number of sulfonamides is 1. The van der Waals surface area contributed by atoms with Crippen molar-refractivity contribution in [3.05, 3.63) is 23.9 Å². The minimum absolute atomic E-state index is 0.132. The van der Waals surface area contributed by atoms with Gasteiger partial charge in [-0.3, -0.25) is 0 Å². The average Bonchev–Trinajstić information content (AvgIpc) is 2.45. The fourth-order valence-electron chi connectivity index (χ4n) is 1.91. The van der Waals surface area contributed by atoms with Crippen LogP contribution in [0.2, 0.25) is 0 Å². The predicted molar refractivity (Wildman–Crippen MR) is 81.0 cm³/mol. The van der Waals surface area contributed by atoms with Gasteiger partial charge >= 0.3 is 0 Å². The van der Waals surface area contributed by atoms with E-state index in [0.717, 1.165) is 24.9 Å². The normalized spacial score (nSPS) is 12.0. The molecule has 114 valence electrons. The summed E-state index contributed by atoms with van der Waals surface area (Å²) in [6, 6.07) is 3.42. The lowest BCUT2D eigenvalue weighted by Gasteiger charge is -2.19. The molecule has 1 aromatic rings. The van der Waals surface area contributed by atoms with E-state index in [1.54, 1.807) is 12.3 Å². The molecular weight excluding hydrogens is 274 g/mol. The molecule has 1 heterocycles. The van der Waals surface area contributed by atoms with Crippen LogP contribution in [0.5, 0.6) is 0 Å². The number of pyridine rings is 1. The van der Waals surface area contributed by atoms with Crippen molar-refractivity contribution in [2.24, 2.45) is 0 Å². The van der Waals surface area contributed by atoms with Crippen LogP contribution < -0.4 is 5.32 Å². The highest BCUT2D eigenvalue weighted by atomic mass is 32.2. The Kier molecular flexibility index (Phi) is 7.12. The Morgan fingerprint density at radius 3 is 2.45 bits per heavy atom. The first-order chi connectivity index (χ1) is 9.56. The SMILES string of the molecule is CCCNCc1ccc(S(=O)(=O)N(CC)CCC)nc1. The summed E-state index contributed by atoms with van der Waals surface area (Å²) in [4.78, 5) is 4.11. The topological polar surface area (TPSA) is 62.3 Å². The highest BCUT2D eigenvalue weighted by molar-refractivity contribution is 7.89. The monoisotopic (exact) mass is 299 g/mol. The van der Waals surface area contributed by atoms with Crippen molar-refractivity contribution in [2.45, 2.75) is 45.2 Å². The molecule has 0 radical (unpaired) electrons. The molecule has 20 heavy (non-hydrogen) atoms. The molecule has 0 spiro atoms. The Labute approximate surface area is 122 Å². The molecule has 0 aliphatic rings. The van der Waals surface area contributed by atoms with E-state index in [-0.39, 0.29) is 5.03 Å². The molecule has 0 aliphatic heterocycles. The molecule has 0 saturated carbocycles. The standard InChI is InChI=1S/C14H25N3O2S/c1-4-9-15-11-13-7-8-14(16-12-13)20(18,19)17(6-3)10-5-2/h7-8,12,15H,4-6,9-11H2,1-3H3. The van der Waals surface area contributed by atoms with Gasteiger partial charge < -0.3 is 5.32 Å². The zero-order chi connectivity index (χ0) is 15.0. The van der Waals surface area contributed by atoms with Crippen LogP contribution in [-0.2, 0) is 16.6 Å². The first kappa shape index (κ1) is 17.1. The van der Waals surface area contributed by atoms with Crippen molar-refractivity contribution < 1.29 is 8.42 Å². The molecule has 0 unspecified atom stereocenters. The fraction of sp³-hybridized carbons (Fsp3) is 0.643. The second-order valence-corrected chi connectivity index (χ2v) is 6.56. The third kappa shape index (κ3) is 4.54. The first-order valence-corrected chi connectivity index (χ1v) is 8.66. The number of nitrogens with zero attached hydrogens (tertiary/aromatic N) is 2. The molecule has 0 atom stereocenters. The summed E-state index contributed by atoms with van der Waals surface area (Å²) in [5.74, 6) is 0. The molecule has 0 fully saturated rings. The summed E-state index contributed by atoms with van der Waals surface area (Å²) in [5, 5.41) is 3.40. The molecular formula is C14H25N3O2S. The van der Waals surface area contributed by atoms with Gasteiger partial charge in [0.2, 0.25) is 0 Å².